The Labute approximate surface area is 95.5 Å². The van der Waals surface area contributed by atoms with Gasteiger partial charge >= 0.3 is 0 Å². The summed E-state index contributed by atoms with van der Waals surface area (Å²) >= 11 is 1.83. The monoisotopic (exact) mass is 224 g/mol. The smallest absolute Gasteiger partial charge is 0.0975 e. The van der Waals surface area contributed by atoms with Gasteiger partial charge in [0.15, 0.2) is 0 Å². The lowest BCUT2D eigenvalue weighted by atomic mass is 10.1. The molecule has 0 amide bonds. The van der Waals surface area contributed by atoms with Gasteiger partial charge in [0.2, 0.25) is 0 Å². The van der Waals surface area contributed by atoms with Crippen LogP contribution in [-0.2, 0) is 0 Å². The van der Waals surface area contributed by atoms with E-state index in [9.17, 15) is 0 Å². The maximum absolute atomic E-state index is 4.42. The summed E-state index contributed by atoms with van der Waals surface area (Å²) < 4.78 is 2.63. The number of imidazole rings is 1. The second kappa shape index (κ2) is 2.83. The molecule has 1 N–H and O–H groups in total. The van der Waals surface area contributed by atoms with Crippen molar-refractivity contribution in [2.45, 2.75) is 0 Å². The molecule has 16 heavy (non-hydrogen) atoms. The number of nitrogens with one attached hydrogen (secondary N) is 1. The summed E-state index contributed by atoms with van der Waals surface area (Å²) in [6.07, 6.45) is 1.76. The Morgan fingerprint density at radius 2 is 1.94 bits per heavy atom. The molecule has 0 aliphatic rings. The van der Waals surface area contributed by atoms with E-state index in [2.05, 4.69) is 46.4 Å². The van der Waals surface area contributed by atoms with Crippen LogP contribution in [-0.4, -0.2) is 9.97 Å². The first-order valence-electron chi connectivity index (χ1n) is 5.17. The van der Waals surface area contributed by atoms with Gasteiger partial charge in [0, 0.05) is 20.2 Å². The van der Waals surface area contributed by atoms with Gasteiger partial charge in [-0.2, -0.15) is 0 Å². The zero-order valence-electron chi connectivity index (χ0n) is 8.40. The minimum atomic E-state index is 1.08. The normalized spacial score (nSPS) is 11.8. The quantitative estimate of drug-likeness (QED) is 0.481. The SMILES string of the molecule is c1ccc2c(c1)sc1ccc3[nH]cnc3c12. The Morgan fingerprint density at radius 1 is 1.00 bits per heavy atom. The lowest BCUT2D eigenvalue weighted by molar-refractivity contribution is 1.35. The number of benzene rings is 2. The molecule has 3 heteroatoms. The third-order valence-electron chi connectivity index (χ3n) is 2.93. The van der Waals surface area contributed by atoms with Gasteiger partial charge in [-0.05, 0) is 18.2 Å². The number of aromatic amines is 1. The molecule has 2 heterocycles. The second-order valence-electron chi connectivity index (χ2n) is 3.84. The highest BCUT2D eigenvalue weighted by Gasteiger charge is 2.09. The fraction of sp³-hybridized carbons (Fsp3) is 0. The molecule has 4 rings (SSSR count). The number of aromatic nitrogens is 2. The first-order chi connectivity index (χ1) is 7.93. The van der Waals surface area contributed by atoms with Crippen LogP contribution in [0.2, 0.25) is 0 Å². The van der Waals surface area contributed by atoms with Gasteiger partial charge in [0.25, 0.3) is 0 Å². The van der Waals surface area contributed by atoms with Crippen molar-refractivity contribution in [3.63, 3.8) is 0 Å². The van der Waals surface area contributed by atoms with Gasteiger partial charge in [-0.25, -0.2) is 4.98 Å². The molecule has 0 aliphatic heterocycles. The van der Waals surface area contributed by atoms with Crippen LogP contribution in [0, 0.1) is 0 Å². The van der Waals surface area contributed by atoms with E-state index in [1.807, 2.05) is 11.3 Å². The summed E-state index contributed by atoms with van der Waals surface area (Å²) in [5.74, 6) is 0. The van der Waals surface area contributed by atoms with Crippen LogP contribution in [0.3, 0.4) is 0 Å². The average molecular weight is 224 g/mol. The zero-order valence-corrected chi connectivity index (χ0v) is 9.21. The van der Waals surface area contributed by atoms with Crippen LogP contribution >= 0.6 is 11.3 Å². The largest absolute Gasteiger partial charge is 0.345 e. The molecule has 0 aliphatic carbocycles. The summed E-state index contributed by atoms with van der Waals surface area (Å²) in [6, 6.07) is 12.8. The Bertz CT molecular complexity index is 810. The third-order valence-corrected chi connectivity index (χ3v) is 4.07. The predicted octanol–water partition coefficient (Wildman–Crippen LogP) is 3.93. The molecule has 0 radical (unpaired) electrons. The topological polar surface area (TPSA) is 28.7 Å². The maximum Gasteiger partial charge on any atom is 0.0975 e. The summed E-state index contributed by atoms with van der Waals surface area (Å²) in [5, 5.41) is 2.58. The molecule has 2 nitrogen and oxygen atoms in total. The zero-order chi connectivity index (χ0) is 10.5. The van der Waals surface area contributed by atoms with Crippen molar-refractivity contribution in [3.8, 4) is 0 Å². The van der Waals surface area contributed by atoms with E-state index in [-0.39, 0.29) is 0 Å². The fourth-order valence-electron chi connectivity index (χ4n) is 2.22. The fourth-order valence-corrected chi connectivity index (χ4v) is 3.32. The first kappa shape index (κ1) is 8.30. The molecular weight excluding hydrogens is 216 g/mol. The number of thiophene rings is 1. The Morgan fingerprint density at radius 3 is 2.94 bits per heavy atom. The summed E-state index contributed by atoms with van der Waals surface area (Å²) in [5.41, 5.74) is 2.19. The molecule has 2 aromatic heterocycles. The lowest BCUT2D eigenvalue weighted by Gasteiger charge is -1.92. The Hall–Kier alpha value is -1.87. The predicted molar refractivity (Wildman–Crippen MR) is 69.0 cm³/mol. The highest BCUT2D eigenvalue weighted by atomic mass is 32.1. The maximum atomic E-state index is 4.42. The van der Waals surface area contributed by atoms with Gasteiger partial charge in [0.05, 0.1) is 17.4 Å². The van der Waals surface area contributed by atoms with Crippen LogP contribution in [0.15, 0.2) is 42.7 Å². The lowest BCUT2D eigenvalue weighted by Crippen LogP contribution is -1.71. The van der Waals surface area contributed by atoms with Crippen LogP contribution < -0.4 is 0 Å². The number of hydrogen-bond donors (Lipinski definition) is 1. The molecule has 4 aromatic rings. The molecular formula is C13H8N2S. The van der Waals surface area contributed by atoms with E-state index >= 15 is 0 Å². The van der Waals surface area contributed by atoms with E-state index in [4.69, 9.17) is 0 Å². The van der Waals surface area contributed by atoms with E-state index in [0.717, 1.165) is 11.0 Å². The van der Waals surface area contributed by atoms with Gasteiger partial charge in [-0.1, -0.05) is 18.2 Å². The number of hydrogen-bond acceptors (Lipinski definition) is 2. The number of fused-ring (bicyclic) bond motifs is 5. The summed E-state index contributed by atoms with van der Waals surface area (Å²) in [7, 11) is 0. The van der Waals surface area contributed by atoms with Crippen LogP contribution in [0.1, 0.15) is 0 Å². The van der Waals surface area contributed by atoms with Crippen molar-refractivity contribution < 1.29 is 0 Å². The standard InChI is InChI=1S/C13H8N2S/c1-2-4-10-8(3-1)12-11(16-10)6-5-9-13(12)15-7-14-9/h1-7H,(H,14,15). The van der Waals surface area contributed by atoms with Gasteiger partial charge in [0.1, 0.15) is 0 Å². The van der Waals surface area contributed by atoms with Crippen molar-refractivity contribution in [3.05, 3.63) is 42.7 Å². The first-order valence-corrected chi connectivity index (χ1v) is 5.98. The van der Waals surface area contributed by atoms with E-state index in [1.165, 1.54) is 20.2 Å². The van der Waals surface area contributed by atoms with E-state index < -0.39 is 0 Å². The van der Waals surface area contributed by atoms with Crippen molar-refractivity contribution >= 4 is 42.5 Å². The molecule has 76 valence electrons. The second-order valence-corrected chi connectivity index (χ2v) is 4.92. The molecule has 0 saturated carbocycles. The van der Waals surface area contributed by atoms with Gasteiger partial charge < -0.3 is 4.98 Å². The number of nitrogens with zero attached hydrogens (tertiary/aromatic N) is 1. The highest BCUT2D eigenvalue weighted by molar-refractivity contribution is 7.26. The number of rotatable bonds is 0. The van der Waals surface area contributed by atoms with E-state index in [0.29, 0.717) is 0 Å². The highest BCUT2D eigenvalue weighted by Crippen LogP contribution is 2.36. The van der Waals surface area contributed by atoms with Crippen LogP contribution in [0.5, 0.6) is 0 Å². The third kappa shape index (κ3) is 0.933. The van der Waals surface area contributed by atoms with Crippen LogP contribution in [0.25, 0.3) is 31.2 Å². The molecule has 0 atom stereocenters. The van der Waals surface area contributed by atoms with Crippen molar-refractivity contribution in [2.24, 2.45) is 0 Å². The molecule has 0 spiro atoms. The molecule has 0 saturated heterocycles. The molecule has 0 unspecified atom stereocenters. The summed E-state index contributed by atoms with van der Waals surface area (Å²) in [4.78, 5) is 7.58. The van der Waals surface area contributed by atoms with Gasteiger partial charge in [-0.3, -0.25) is 0 Å². The van der Waals surface area contributed by atoms with E-state index in [1.54, 1.807) is 6.33 Å². The molecule has 0 bridgehead atoms. The minimum Gasteiger partial charge on any atom is -0.345 e. The number of H-pyrrole nitrogens is 1. The average Bonchev–Trinajstić information content (AvgIpc) is 2.91. The van der Waals surface area contributed by atoms with Crippen molar-refractivity contribution in [1.82, 2.24) is 9.97 Å². The van der Waals surface area contributed by atoms with Gasteiger partial charge in [-0.15, -0.1) is 11.3 Å². The van der Waals surface area contributed by atoms with Crippen molar-refractivity contribution in [1.29, 1.82) is 0 Å². The molecule has 0 fully saturated rings. The minimum absolute atomic E-state index is 1.08. The van der Waals surface area contributed by atoms with Crippen LogP contribution in [0.4, 0.5) is 0 Å². The Kier molecular flexibility index (Phi) is 1.47. The summed E-state index contributed by atoms with van der Waals surface area (Å²) in [6.45, 7) is 0. The Balaban J connectivity index is 2.42. The van der Waals surface area contributed by atoms with Crippen molar-refractivity contribution in [2.75, 3.05) is 0 Å². The molecule has 2 aromatic carbocycles.